The molecule has 0 amide bonds. The van der Waals surface area contributed by atoms with Crippen LogP contribution in [-0.2, 0) is 4.74 Å². The van der Waals surface area contributed by atoms with E-state index in [1.54, 1.807) is 23.6 Å². The Hall–Kier alpha value is -1.25. The van der Waals surface area contributed by atoms with Gasteiger partial charge in [-0.25, -0.2) is 5.01 Å². The van der Waals surface area contributed by atoms with Crippen molar-refractivity contribution in [3.63, 3.8) is 0 Å². The molecule has 0 N–H and O–H groups in total. The summed E-state index contributed by atoms with van der Waals surface area (Å²) in [7, 11) is 0. The highest BCUT2D eigenvalue weighted by atomic mass is 16.5. The van der Waals surface area contributed by atoms with Crippen molar-refractivity contribution in [2.75, 3.05) is 6.73 Å². The number of hydrazone groups is 1. The van der Waals surface area contributed by atoms with Gasteiger partial charge >= 0.3 is 0 Å². The molecule has 2 aliphatic rings. The Labute approximate surface area is 52.9 Å². The number of ether oxygens (including phenoxy) is 1. The first-order valence-corrected chi connectivity index (χ1v) is 2.68. The SMILES string of the molecule is [C]1=CC=NN2COC=C12. The molecule has 0 fully saturated rings. The van der Waals surface area contributed by atoms with Gasteiger partial charge in [0, 0.05) is 12.3 Å². The van der Waals surface area contributed by atoms with E-state index >= 15 is 0 Å². The molecule has 9 heavy (non-hydrogen) atoms. The quantitative estimate of drug-likeness (QED) is 0.465. The molecule has 0 spiro atoms. The molecule has 0 saturated carbocycles. The van der Waals surface area contributed by atoms with Crippen molar-refractivity contribution >= 4 is 6.21 Å². The third-order valence-electron chi connectivity index (χ3n) is 1.18. The predicted molar refractivity (Wildman–Crippen MR) is 32.2 cm³/mol. The van der Waals surface area contributed by atoms with Gasteiger partial charge in [-0.2, -0.15) is 5.10 Å². The summed E-state index contributed by atoms with van der Waals surface area (Å²) in [5, 5.41) is 5.72. The molecule has 3 heteroatoms. The van der Waals surface area contributed by atoms with E-state index < -0.39 is 0 Å². The summed E-state index contributed by atoms with van der Waals surface area (Å²) < 4.78 is 4.96. The third kappa shape index (κ3) is 0.614. The molecule has 0 aromatic rings. The van der Waals surface area contributed by atoms with Crippen LogP contribution < -0.4 is 0 Å². The summed E-state index contributed by atoms with van der Waals surface area (Å²) in [5.74, 6) is 0. The molecular formula is C6H5N2O. The van der Waals surface area contributed by atoms with E-state index in [1.807, 2.05) is 0 Å². The lowest BCUT2D eigenvalue weighted by Crippen LogP contribution is -2.14. The molecule has 2 aliphatic heterocycles. The minimum absolute atomic E-state index is 0.521. The van der Waals surface area contributed by atoms with E-state index in [9.17, 15) is 0 Å². The Bertz CT molecular complexity index is 202. The summed E-state index contributed by atoms with van der Waals surface area (Å²) in [4.78, 5) is 0. The molecule has 2 heterocycles. The van der Waals surface area contributed by atoms with E-state index in [1.165, 1.54) is 0 Å². The average Bonchev–Trinajstić information content (AvgIpc) is 2.33. The standard InChI is InChI=1S/C6H5N2O/c1-2-6-4-9-5-8(6)7-3-1/h1,3-4H,5H2. The van der Waals surface area contributed by atoms with Crippen molar-refractivity contribution in [3.05, 3.63) is 24.1 Å². The first-order chi connectivity index (χ1) is 4.47. The van der Waals surface area contributed by atoms with Crippen LogP contribution in [0.4, 0.5) is 0 Å². The zero-order chi connectivity index (χ0) is 6.10. The summed E-state index contributed by atoms with van der Waals surface area (Å²) in [6, 6.07) is 0. The van der Waals surface area contributed by atoms with Crippen LogP contribution in [0.2, 0.25) is 0 Å². The lowest BCUT2D eigenvalue weighted by molar-refractivity contribution is 0.171. The maximum Gasteiger partial charge on any atom is 0.180 e. The van der Waals surface area contributed by atoms with Gasteiger partial charge < -0.3 is 4.74 Å². The van der Waals surface area contributed by atoms with Crippen LogP contribution in [0.3, 0.4) is 0 Å². The van der Waals surface area contributed by atoms with Crippen LogP contribution in [0.15, 0.2) is 23.1 Å². The fraction of sp³-hybridized carbons (Fsp3) is 0.167. The van der Waals surface area contributed by atoms with Crippen molar-refractivity contribution in [3.8, 4) is 0 Å². The van der Waals surface area contributed by atoms with Gasteiger partial charge in [0.05, 0.1) is 0 Å². The highest BCUT2D eigenvalue weighted by Crippen LogP contribution is 2.14. The molecule has 2 rings (SSSR count). The third-order valence-corrected chi connectivity index (χ3v) is 1.18. The number of hydrogen-bond donors (Lipinski definition) is 0. The van der Waals surface area contributed by atoms with Gasteiger partial charge in [-0.3, -0.25) is 0 Å². The predicted octanol–water partition coefficient (Wildman–Crippen LogP) is 0.476. The first-order valence-electron chi connectivity index (χ1n) is 2.68. The van der Waals surface area contributed by atoms with Gasteiger partial charge in [0.15, 0.2) is 6.73 Å². The van der Waals surface area contributed by atoms with Crippen molar-refractivity contribution in [1.29, 1.82) is 0 Å². The zero-order valence-corrected chi connectivity index (χ0v) is 4.74. The van der Waals surface area contributed by atoms with Crippen molar-refractivity contribution in [2.45, 2.75) is 0 Å². The molecule has 3 nitrogen and oxygen atoms in total. The lowest BCUT2D eigenvalue weighted by atomic mass is 10.4. The van der Waals surface area contributed by atoms with Gasteiger partial charge in [0.25, 0.3) is 0 Å². The van der Waals surface area contributed by atoms with Crippen LogP contribution in [0.5, 0.6) is 0 Å². The van der Waals surface area contributed by atoms with E-state index in [0.29, 0.717) is 6.73 Å². The van der Waals surface area contributed by atoms with Gasteiger partial charge in [-0.15, -0.1) is 0 Å². The summed E-state index contributed by atoms with van der Waals surface area (Å²) >= 11 is 0. The van der Waals surface area contributed by atoms with Crippen LogP contribution in [0.1, 0.15) is 0 Å². The Kier molecular flexibility index (Phi) is 0.828. The molecule has 0 aromatic heterocycles. The molecule has 0 aliphatic carbocycles. The molecule has 1 radical (unpaired) electrons. The average molecular weight is 121 g/mol. The highest BCUT2D eigenvalue weighted by molar-refractivity contribution is 5.71. The summed E-state index contributed by atoms with van der Waals surface area (Å²) in [6.07, 6.45) is 8.06. The highest BCUT2D eigenvalue weighted by Gasteiger charge is 2.13. The van der Waals surface area contributed by atoms with Crippen molar-refractivity contribution in [1.82, 2.24) is 5.01 Å². The van der Waals surface area contributed by atoms with E-state index in [2.05, 4.69) is 11.2 Å². The summed E-state index contributed by atoms with van der Waals surface area (Å²) in [5.41, 5.74) is 0.900. The fourth-order valence-corrected chi connectivity index (χ4v) is 0.758. The Balaban J connectivity index is 2.33. The molecule has 0 unspecified atom stereocenters. The first kappa shape index (κ1) is 4.61. The number of allylic oxidation sites excluding steroid dienone is 2. The van der Waals surface area contributed by atoms with Crippen LogP contribution in [-0.4, -0.2) is 18.0 Å². The number of hydrogen-bond acceptors (Lipinski definition) is 3. The minimum atomic E-state index is 0.521. The topological polar surface area (TPSA) is 24.8 Å². The second kappa shape index (κ2) is 1.62. The van der Waals surface area contributed by atoms with Crippen LogP contribution in [0.25, 0.3) is 0 Å². The fourth-order valence-electron chi connectivity index (χ4n) is 0.758. The van der Waals surface area contributed by atoms with Crippen molar-refractivity contribution < 1.29 is 4.74 Å². The lowest BCUT2D eigenvalue weighted by Gasteiger charge is -2.11. The summed E-state index contributed by atoms with van der Waals surface area (Å²) in [6.45, 7) is 0.521. The monoisotopic (exact) mass is 121 g/mol. The van der Waals surface area contributed by atoms with Crippen LogP contribution in [0, 0.1) is 6.08 Å². The molecule has 45 valence electrons. The van der Waals surface area contributed by atoms with E-state index in [4.69, 9.17) is 4.74 Å². The number of fused-ring (bicyclic) bond motifs is 1. The van der Waals surface area contributed by atoms with Gasteiger partial charge in [-0.1, -0.05) is 0 Å². The van der Waals surface area contributed by atoms with Gasteiger partial charge in [-0.05, 0) is 6.08 Å². The molecule has 0 aromatic carbocycles. The maximum atomic E-state index is 4.96. The van der Waals surface area contributed by atoms with Crippen molar-refractivity contribution in [2.24, 2.45) is 5.10 Å². The molecule has 0 saturated heterocycles. The Morgan fingerprint density at radius 2 is 2.78 bits per heavy atom. The second-order valence-electron chi connectivity index (χ2n) is 1.77. The molecule has 0 atom stereocenters. The van der Waals surface area contributed by atoms with Gasteiger partial charge in [0.2, 0.25) is 0 Å². The van der Waals surface area contributed by atoms with Crippen LogP contribution >= 0.6 is 0 Å². The largest absolute Gasteiger partial charge is 0.477 e. The number of nitrogens with zero attached hydrogens (tertiary/aromatic N) is 2. The molecular weight excluding hydrogens is 116 g/mol. The van der Waals surface area contributed by atoms with Gasteiger partial charge in [0.1, 0.15) is 12.0 Å². The van der Waals surface area contributed by atoms with E-state index in [-0.39, 0.29) is 0 Å². The van der Waals surface area contributed by atoms with E-state index in [0.717, 1.165) is 5.70 Å². The number of rotatable bonds is 0. The smallest absolute Gasteiger partial charge is 0.180 e. The Morgan fingerprint density at radius 1 is 1.78 bits per heavy atom. The molecule has 0 bridgehead atoms. The normalized spacial score (nSPS) is 21.3. The maximum absolute atomic E-state index is 4.96. The minimum Gasteiger partial charge on any atom is -0.477 e. The zero-order valence-electron chi connectivity index (χ0n) is 4.74. The second-order valence-corrected chi connectivity index (χ2v) is 1.77. The Morgan fingerprint density at radius 3 is 3.67 bits per heavy atom.